The molecule has 1 aromatic carbocycles. The van der Waals surface area contributed by atoms with Gasteiger partial charge in [-0.1, -0.05) is 0 Å². The molecular weight excluding hydrogens is 436 g/mol. The molecule has 0 saturated carbocycles. The van der Waals surface area contributed by atoms with Gasteiger partial charge >= 0.3 is 5.69 Å². The van der Waals surface area contributed by atoms with Crippen LogP contribution in [0.2, 0.25) is 0 Å². The largest absolute Gasteiger partial charge is 0.465 e. The summed E-state index contributed by atoms with van der Waals surface area (Å²) < 4.78 is 36.5. The summed E-state index contributed by atoms with van der Waals surface area (Å²) in [6.07, 6.45) is 1.82. The molecule has 1 atom stereocenters. The lowest BCUT2D eigenvalue weighted by Crippen LogP contribution is -2.58. The number of halogens is 2. The molecule has 0 N–H and O–H groups in total. The van der Waals surface area contributed by atoms with Crippen LogP contribution in [0.4, 0.5) is 8.78 Å². The fourth-order valence-corrected chi connectivity index (χ4v) is 5.06. The van der Waals surface area contributed by atoms with Crippen molar-refractivity contribution in [1.82, 2.24) is 14.0 Å². The molecule has 1 unspecified atom stereocenters. The Labute approximate surface area is 187 Å². The number of hydrogen-bond donors (Lipinski definition) is 0. The second-order valence-electron chi connectivity index (χ2n) is 7.80. The van der Waals surface area contributed by atoms with E-state index in [0.717, 1.165) is 16.4 Å². The summed E-state index contributed by atoms with van der Waals surface area (Å²) in [6.45, 7) is 2.36. The first-order valence-corrected chi connectivity index (χ1v) is 11.1. The normalized spacial score (nSPS) is 19.5. The maximum atomic E-state index is 14.1. The van der Waals surface area contributed by atoms with Crippen LogP contribution in [0, 0.1) is 18.6 Å². The number of aromatic nitrogens is 2. The van der Waals surface area contributed by atoms with Gasteiger partial charge in [-0.15, -0.1) is 11.8 Å². The van der Waals surface area contributed by atoms with Crippen molar-refractivity contribution in [2.45, 2.75) is 12.2 Å². The van der Waals surface area contributed by atoms with Gasteiger partial charge in [-0.05, 0) is 37.3 Å². The van der Waals surface area contributed by atoms with E-state index in [1.807, 2.05) is 25.1 Å². The minimum atomic E-state index is -0.744. The maximum Gasteiger partial charge on any atom is 0.330 e. The molecule has 0 saturated heterocycles. The summed E-state index contributed by atoms with van der Waals surface area (Å²) in [4.78, 5) is 27.9. The number of nitrogens with zero attached hydrogens (tertiary/aromatic N) is 3. The number of aryl methyl sites for hydroxylation is 1. The lowest BCUT2D eigenvalue weighted by molar-refractivity contribution is 0.494. The fourth-order valence-electron chi connectivity index (χ4n) is 3.91. The van der Waals surface area contributed by atoms with Gasteiger partial charge in [-0.2, -0.15) is 0 Å². The second kappa shape index (κ2) is 8.46. The predicted octanol–water partition coefficient (Wildman–Crippen LogP) is 1.62. The smallest absolute Gasteiger partial charge is 0.330 e. The highest BCUT2D eigenvalue weighted by Gasteiger charge is 2.21. The number of fused-ring (bicyclic) bond motifs is 1. The minimum Gasteiger partial charge on any atom is -0.465 e. The van der Waals surface area contributed by atoms with Gasteiger partial charge in [0.25, 0.3) is 5.56 Å². The van der Waals surface area contributed by atoms with Crippen LogP contribution in [0.1, 0.15) is 22.3 Å². The van der Waals surface area contributed by atoms with Gasteiger partial charge in [0.1, 0.15) is 23.2 Å². The van der Waals surface area contributed by atoms with E-state index in [2.05, 4.69) is 0 Å². The number of rotatable bonds is 2. The molecule has 6 nitrogen and oxygen atoms in total. The molecule has 0 radical (unpaired) electrons. The molecule has 1 aliphatic heterocycles. The molecule has 0 spiro atoms. The van der Waals surface area contributed by atoms with Crippen LogP contribution in [0.15, 0.2) is 44.3 Å². The molecule has 0 bridgehead atoms. The van der Waals surface area contributed by atoms with Gasteiger partial charge in [0.2, 0.25) is 0 Å². The second-order valence-corrected chi connectivity index (χ2v) is 9.05. The standard InChI is InChI=1S/C23H23F2N3O3S/c1-13-5-6-18(31-13)19-12-17-20(22(29)28(4)23(30)27(17)3)21(26(2)7-8-32-19)14-9-15(24)11-16(25)10-14/h5-6,9-12,19H,7-8H2,1-4H3/b17-12-,21-20+. The van der Waals surface area contributed by atoms with Gasteiger partial charge in [0.05, 0.1) is 21.5 Å². The van der Waals surface area contributed by atoms with Crippen molar-refractivity contribution in [3.63, 3.8) is 0 Å². The highest BCUT2D eigenvalue weighted by atomic mass is 32.2. The first-order chi connectivity index (χ1) is 15.2. The van der Waals surface area contributed by atoms with Crippen molar-refractivity contribution in [3.8, 4) is 0 Å². The Kier molecular flexibility index (Phi) is 5.85. The van der Waals surface area contributed by atoms with Crippen LogP contribution in [-0.2, 0) is 14.1 Å². The quantitative estimate of drug-likeness (QED) is 0.583. The topological polar surface area (TPSA) is 60.4 Å². The average Bonchev–Trinajstić information content (AvgIpc) is 3.18. The first kappa shape index (κ1) is 22.1. The Morgan fingerprint density at radius 1 is 1.03 bits per heavy atom. The molecule has 32 heavy (non-hydrogen) atoms. The highest BCUT2D eigenvalue weighted by Crippen LogP contribution is 2.32. The van der Waals surface area contributed by atoms with Gasteiger partial charge in [0.15, 0.2) is 0 Å². The van der Waals surface area contributed by atoms with E-state index in [1.165, 1.54) is 23.7 Å². The van der Waals surface area contributed by atoms with Crippen LogP contribution in [0.5, 0.6) is 0 Å². The molecule has 1 aliphatic rings. The minimum absolute atomic E-state index is 0.206. The van der Waals surface area contributed by atoms with E-state index < -0.39 is 22.9 Å². The highest BCUT2D eigenvalue weighted by molar-refractivity contribution is 7.99. The first-order valence-electron chi connectivity index (χ1n) is 10.0. The molecule has 9 heteroatoms. The molecule has 0 fully saturated rings. The number of furan rings is 1. The lowest BCUT2D eigenvalue weighted by atomic mass is 10.1. The van der Waals surface area contributed by atoms with Crippen molar-refractivity contribution in [3.05, 3.63) is 90.5 Å². The summed E-state index contributed by atoms with van der Waals surface area (Å²) in [7, 11) is 4.74. The van der Waals surface area contributed by atoms with Crippen LogP contribution < -0.4 is 21.8 Å². The third-order valence-electron chi connectivity index (χ3n) is 5.54. The Balaban J connectivity index is 2.21. The van der Waals surface area contributed by atoms with E-state index >= 15 is 0 Å². The number of thioether (sulfide) groups is 1. The zero-order valence-electron chi connectivity index (χ0n) is 18.2. The molecule has 3 heterocycles. The van der Waals surface area contributed by atoms with E-state index in [1.54, 1.807) is 30.8 Å². The third-order valence-corrected chi connectivity index (χ3v) is 6.69. The van der Waals surface area contributed by atoms with E-state index in [4.69, 9.17) is 4.42 Å². The molecule has 4 rings (SSSR count). The van der Waals surface area contributed by atoms with Gasteiger partial charge in [-0.25, -0.2) is 13.6 Å². The summed E-state index contributed by atoms with van der Waals surface area (Å²) in [5, 5.41) is 0.327. The zero-order chi connectivity index (χ0) is 23.2. The van der Waals surface area contributed by atoms with Gasteiger partial charge in [-0.3, -0.25) is 13.9 Å². The molecule has 0 amide bonds. The van der Waals surface area contributed by atoms with Crippen molar-refractivity contribution in [1.29, 1.82) is 0 Å². The summed E-state index contributed by atoms with van der Waals surface area (Å²) >= 11 is 1.60. The SMILES string of the molecule is Cc1ccc(C2/C=c3/c(c(=O)n(C)c(=O)n3C)=C(/c3cc(F)cc(F)c3)N(C)CCS2)o1. The maximum absolute atomic E-state index is 14.1. The molecule has 3 aromatic rings. The Morgan fingerprint density at radius 3 is 2.34 bits per heavy atom. The number of hydrogen-bond acceptors (Lipinski definition) is 5. The average molecular weight is 460 g/mol. The van der Waals surface area contributed by atoms with Crippen molar-refractivity contribution in [2.24, 2.45) is 14.1 Å². The van der Waals surface area contributed by atoms with E-state index in [-0.39, 0.29) is 16.0 Å². The zero-order valence-corrected chi connectivity index (χ0v) is 19.0. The summed E-state index contributed by atoms with van der Waals surface area (Å²) in [5.41, 5.74) is -0.432. The monoisotopic (exact) mass is 459 g/mol. The summed E-state index contributed by atoms with van der Waals surface area (Å²) in [6, 6.07) is 6.91. The van der Waals surface area contributed by atoms with Gasteiger partial charge in [0, 0.05) is 45.1 Å². The molecule has 2 aromatic heterocycles. The van der Waals surface area contributed by atoms with Crippen molar-refractivity contribution >= 4 is 23.5 Å². The van der Waals surface area contributed by atoms with Crippen molar-refractivity contribution < 1.29 is 13.2 Å². The lowest BCUT2D eigenvalue weighted by Gasteiger charge is -2.23. The molecule has 168 valence electrons. The van der Waals surface area contributed by atoms with Crippen LogP contribution >= 0.6 is 11.8 Å². The molecular formula is C23H23F2N3O3S. The third kappa shape index (κ3) is 3.92. The van der Waals surface area contributed by atoms with E-state index in [0.29, 0.717) is 29.1 Å². The Hall–Kier alpha value is -3.07. The van der Waals surface area contributed by atoms with E-state index in [9.17, 15) is 18.4 Å². The van der Waals surface area contributed by atoms with Crippen LogP contribution in [-0.4, -0.2) is 33.4 Å². The summed E-state index contributed by atoms with van der Waals surface area (Å²) in [5.74, 6) is 0.625. The Bertz CT molecular complexity index is 1420. The van der Waals surface area contributed by atoms with Crippen LogP contribution in [0.25, 0.3) is 11.8 Å². The Morgan fingerprint density at radius 2 is 1.72 bits per heavy atom. The van der Waals surface area contributed by atoms with Crippen LogP contribution in [0.3, 0.4) is 0 Å². The number of benzene rings is 1. The predicted molar refractivity (Wildman–Crippen MR) is 121 cm³/mol. The molecule has 0 aliphatic carbocycles. The van der Waals surface area contributed by atoms with Crippen molar-refractivity contribution in [2.75, 3.05) is 19.3 Å². The fraction of sp³-hybridized carbons (Fsp3) is 0.304. The van der Waals surface area contributed by atoms with Gasteiger partial charge < -0.3 is 9.32 Å².